The van der Waals surface area contributed by atoms with Crippen molar-refractivity contribution >= 4 is 29.4 Å². The number of ether oxygens (including phenoxy) is 3. The molecule has 2 atom stereocenters. The van der Waals surface area contributed by atoms with Crippen molar-refractivity contribution in [1.29, 1.82) is 5.41 Å². The summed E-state index contributed by atoms with van der Waals surface area (Å²) in [6, 6.07) is 8.21. The first kappa shape index (κ1) is 24.2. The summed E-state index contributed by atoms with van der Waals surface area (Å²) in [6.45, 7) is 6.80. The summed E-state index contributed by atoms with van der Waals surface area (Å²) in [5.41, 5.74) is -1.25. The van der Waals surface area contributed by atoms with Crippen LogP contribution in [0.2, 0.25) is 0 Å². The number of hydrogen-bond donors (Lipinski definition) is 1. The van der Waals surface area contributed by atoms with Crippen LogP contribution in [-0.4, -0.2) is 48.1 Å². The first-order valence-corrected chi connectivity index (χ1v) is 11.5. The van der Waals surface area contributed by atoms with Crippen LogP contribution in [0.4, 0.5) is 5.69 Å². The first-order chi connectivity index (χ1) is 16.7. The molecule has 1 amide bonds. The number of carbonyl (C=O) groups excluding carboxylic acids is 3. The highest BCUT2D eigenvalue weighted by atomic mass is 16.5. The van der Waals surface area contributed by atoms with Gasteiger partial charge in [0, 0.05) is 24.0 Å². The molecule has 10 nitrogen and oxygen atoms in total. The van der Waals surface area contributed by atoms with Crippen LogP contribution < -0.4 is 15.2 Å². The average Bonchev–Trinajstić information content (AvgIpc) is 3.03. The van der Waals surface area contributed by atoms with Gasteiger partial charge in [0.05, 0.1) is 18.8 Å². The molecule has 10 heteroatoms. The fourth-order valence-corrected chi connectivity index (χ4v) is 5.10. The van der Waals surface area contributed by atoms with E-state index in [1.807, 2.05) is 0 Å². The van der Waals surface area contributed by atoms with Crippen LogP contribution >= 0.6 is 0 Å². The third kappa shape index (κ3) is 3.43. The number of rotatable bonds is 6. The number of nitrogens with zero attached hydrogens (tertiary/aromatic N) is 2. The maximum atomic E-state index is 14.4. The summed E-state index contributed by atoms with van der Waals surface area (Å²) in [7, 11) is 0. The van der Waals surface area contributed by atoms with Crippen molar-refractivity contribution in [3.8, 4) is 5.75 Å². The minimum atomic E-state index is -1.94. The highest BCUT2D eigenvalue weighted by molar-refractivity contribution is 6.19. The van der Waals surface area contributed by atoms with E-state index in [1.54, 1.807) is 58.0 Å². The van der Waals surface area contributed by atoms with Gasteiger partial charge in [-0.1, -0.05) is 18.2 Å². The molecule has 3 heterocycles. The van der Waals surface area contributed by atoms with Crippen LogP contribution in [0.3, 0.4) is 0 Å². The summed E-state index contributed by atoms with van der Waals surface area (Å²) in [5.74, 6) is -4.24. The predicted molar refractivity (Wildman–Crippen MR) is 126 cm³/mol. The van der Waals surface area contributed by atoms with Crippen LogP contribution in [0, 0.1) is 18.3 Å². The van der Waals surface area contributed by atoms with Gasteiger partial charge in [-0.2, -0.15) is 0 Å². The van der Waals surface area contributed by atoms with Crippen molar-refractivity contribution in [1.82, 2.24) is 4.57 Å². The summed E-state index contributed by atoms with van der Waals surface area (Å²) in [5, 5.41) is 8.63. The third-order valence-corrected chi connectivity index (χ3v) is 6.41. The molecule has 0 fully saturated rings. The number of benzene rings is 1. The number of anilines is 1. The quantitative estimate of drug-likeness (QED) is 0.624. The van der Waals surface area contributed by atoms with Gasteiger partial charge in [0.1, 0.15) is 17.7 Å². The molecule has 4 rings (SSSR count). The van der Waals surface area contributed by atoms with Crippen LogP contribution in [-0.2, 0) is 35.8 Å². The molecule has 1 aromatic heterocycles. The van der Waals surface area contributed by atoms with Gasteiger partial charge in [-0.05, 0) is 39.3 Å². The van der Waals surface area contributed by atoms with Gasteiger partial charge in [-0.15, -0.1) is 0 Å². The number of esters is 2. The van der Waals surface area contributed by atoms with Crippen LogP contribution in [0.1, 0.15) is 37.6 Å². The minimum absolute atomic E-state index is 0.00101. The lowest BCUT2D eigenvalue weighted by Crippen LogP contribution is -2.59. The van der Waals surface area contributed by atoms with E-state index in [0.717, 1.165) is 0 Å². The molecule has 1 spiro atoms. The van der Waals surface area contributed by atoms with Crippen molar-refractivity contribution in [3.05, 3.63) is 57.5 Å². The molecule has 184 valence electrons. The van der Waals surface area contributed by atoms with E-state index in [9.17, 15) is 19.2 Å². The van der Waals surface area contributed by atoms with E-state index in [-0.39, 0.29) is 24.5 Å². The van der Waals surface area contributed by atoms with Crippen molar-refractivity contribution in [2.45, 2.75) is 39.7 Å². The van der Waals surface area contributed by atoms with Crippen molar-refractivity contribution in [2.24, 2.45) is 5.92 Å². The van der Waals surface area contributed by atoms with E-state index in [1.165, 1.54) is 9.47 Å². The molecule has 0 saturated carbocycles. The van der Waals surface area contributed by atoms with Gasteiger partial charge in [-0.25, -0.2) is 0 Å². The minimum Gasteiger partial charge on any atom is -0.465 e. The first-order valence-electron chi connectivity index (χ1n) is 11.5. The fraction of sp³-hybridized carbons (Fsp3) is 0.400. The summed E-state index contributed by atoms with van der Waals surface area (Å²) in [6.07, 6.45) is 0. The number of aromatic nitrogens is 1. The number of hydrogen-bond acceptors (Lipinski definition) is 8. The number of nitrogens with one attached hydrogen (secondary N) is 1. The zero-order valence-electron chi connectivity index (χ0n) is 20.0. The number of fused-ring (bicyclic) bond motifs is 4. The second-order valence-electron chi connectivity index (χ2n) is 8.25. The molecule has 1 N–H and O–H groups in total. The number of carbonyl (C=O) groups is 3. The number of amides is 1. The summed E-state index contributed by atoms with van der Waals surface area (Å²) in [4.78, 5) is 55.1. The number of aryl methyl sites for hydroxylation is 1. The summed E-state index contributed by atoms with van der Waals surface area (Å²) >= 11 is 0. The molecule has 1 aromatic carbocycles. The van der Waals surface area contributed by atoms with Crippen LogP contribution in [0.5, 0.6) is 5.75 Å². The maximum Gasteiger partial charge on any atom is 0.326 e. The Labute approximate surface area is 201 Å². The lowest BCUT2D eigenvalue weighted by atomic mass is 9.64. The Kier molecular flexibility index (Phi) is 6.23. The van der Waals surface area contributed by atoms with E-state index in [2.05, 4.69) is 0 Å². The Bertz CT molecular complexity index is 1300. The van der Waals surface area contributed by atoms with E-state index < -0.39 is 47.2 Å². The van der Waals surface area contributed by atoms with Gasteiger partial charge in [0.15, 0.2) is 5.92 Å². The molecular weight excluding hydrogens is 454 g/mol. The van der Waals surface area contributed by atoms with Gasteiger partial charge in [-0.3, -0.25) is 29.5 Å². The van der Waals surface area contributed by atoms with Crippen molar-refractivity contribution in [3.63, 3.8) is 0 Å². The lowest BCUT2D eigenvalue weighted by Gasteiger charge is -2.39. The molecular formula is C25H27N3O7. The monoisotopic (exact) mass is 481 g/mol. The van der Waals surface area contributed by atoms with Crippen LogP contribution in [0.15, 0.2) is 35.1 Å². The molecule has 2 aliphatic heterocycles. The Morgan fingerprint density at radius 3 is 2.46 bits per heavy atom. The van der Waals surface area contributed by atoms with Gasteiger partial charge < -0.3 is 18.8 Å². The second-order valence-corrected chi connectivity index (χ2v) is 8.25. The number of pyridine rings is 1. The average molecular weight is 482 g/mol. The van der Waals surface area contributed by atoms with E-state index in [0.29, 0.717) is 23.5 Å². The maximum absolute atomic E-state index is 14.4. The molecule has 2 unspecified atom stereocenters. The summed E-state index contributed by atoms with van der Waals surface area (Å²) < 4.78 is 17.5. The highest BCUT2D eigenvalue weighted by Gasteiger charge is 2.66. The zero-order chi connectivity index (χ0) is 25.5. The molecule has 0 saturated heterocycles. The van der Waals surface area contributed by atoms with E-state index >= 15 is 0 Å². The third-order valence-electron chi connectivity index (χ3n) is 6.41. The standard InChI is InChI=1S/C25H27N3O7/c1-5-27-14(4)12-17-19(22(27)30)25(20(21(26)35-17)23(31)34-7-3)15-10-8-9-11-16(15)28(24(25)32)13-18(29)33-6-2/h8-12,20,26H,5-7,13H2,1-4H3. The Morgan fingerprint density at radius 1 is 1.11 bits per heavy atom. The number of para-hydroxylation sites is 1. The molecule has 0 bridgehead atoms. The largest absolute Gasteiger partial charge is 0.465 e. The normalized spacial score (nSPS) is 20.3. The fourth-order valence-electron chi connectivity index (χ4n) is 5.10. The van der Waals surface area contributed by atoms with Crippen LogP contribution in [0.25, 0.3) is 0 Å². The Balaban J connectivity index is 2.10. The zero-order valence-corrected chi connectivity index (χ0v) is 20.0. The molecule has 2 aliphatic rings. The predicted octanol–water partition coefficient (Wildman–Crippen LogP) is 1.92. The van der Waals surface area contributed by atoms with Crippen molar-refractivity contribution in [2.75, 3.05) is 24.7 Å². The topological polar surface area (TPSA) is 128 Å². The van der Waals surface area contributed by atoms with Gasteiger partial charge >= 0.3 is 11.9 Å². The second kappa shape index (κ2) is 9.01. The van der Waals surface area contributed by atoms with Gasteiger partial charge in [0.25, 0.3) is 5.56 Å². The Morgan fingerprint density at radius 2 is 1.80 bits per heavy atom. The molecule has 2 aromatic rings. The Hall–Kier alpha value is -3.95. The lowest BCUT2D eigenvalue weighted by molar-refractivity contribution is -0.150. The van der Waals surface area contributed by atoms with Gasteiger partial charge in [0.2, 0.25) is 11.8 Å². The smallest absolute Gasteiger partial charge is 0.326 e. The molecule has 35 heavy (non-hydrogen) atoms. The van der Waals surface area contributed by atoms with Crippen molar-refractivity contribution < 1.29 is 28.6 Å². The molecule has 0 radical (unpaired) electrons. The molecule has 0 aliphatic carbocycles. The van der Waals surface area contributed by atoms with E-state index in [4.69, 9.17) is 19.6 Å². The highest BCUT2D eigenvalue weighted by Crippen LogP contribution is 2.54. The SMILES string of the molecule is CCOC(=O)CN1C(=O)C2(c3ccccc31)c1c(cc(C)n(CC)c1=O)OC(=N)C2C(=O)OCC.